The number of nitrogens with zero attached hydrogens (tertiary/aromatic N) is 4. The molecule has 0 spiro atoms. The van der Waals surface area contributed by atoms with Gasteiger partial charge in [-0.1, -0.05) is 11.6 Å². The lowest BCUT2D eigenvalue weighted by Crippen LogP contribution is -2.28. The molecule has 7 heteroatoms. The van der Waals surface area contributed by atoms with E-state index in [9.17, 15) is 4.79 Å². The first-order valence-electron chi connectivity index (χ1n) is 11.1. The van der Waals surface area contributed by atoms with Gasteiger partial charge in [0.2, 0.25) is 0 Å². The topological polar surface area (TPSA) is 54.5 Å². The standard InChI is InChI=1S/C25H27FN4O2/c1-17-5-3-9-30-16-22(27-24(30)7-6-17)20-15-19-21(26)13-18(14-23(19)32-25(20)31)29-10-4-8-28(2)11-12-29/h3,5,9,13-16H,4,6-8,10-12H2,1-2H3/b9-3-,17-5+. The number of aromatic nitrogens is 2. The van der Waals surface area contributed by atoms with Crippen LogP contribution in [0.25, 0.3) is 28.4 Å². The molecule has 0 bridgehead atoms. The van der Waals surface area contributed by atoms with E-state index in [1.54, 1.807) is 24.4 Å². The first-order valence-corrected chi connectivity index (χ1v) is 11.1. The number of benzene rings is 1. The van der Waals surface area contributed by atoms with Crippen molar-refractivity contribution in [3.8, 4) is 11.3 Å². The molecular weight excluding hydrogens is 407 g/mol. The van der Waals surface area contributed by atoms with Crippen molar-refractivity contribution in [2.24, 2.45) is 0 Å². The maximum absolute atomic E-state index is 15.1. The quantitative estimate of drug-likeness (QED) is 0.563. The largest absolute Gasteiger partial charge is 0.422 e. The highest BCUT2D eigenvalue weighted by atomic mass is 19.1. The fourth-order valence-electron chi connectivity index (χ4n) is 4.40. The van der Waals surface area contributed by atoms with Gasteiger partial charge >= 0.3 is 5.63 Å². The predicted octanol–water partition coefficient (Wildman–Crippen LogP) is 4.30. The Balaban J connectivity index is 1.52. The van der Waals surface area contributed by atoms with Crippen molar-refractivity contribution in [1.29, 1.82) is 0 Å². The Morgan fingerprint density at radius 2 is 1.97 bits per heavy atom. The summed E-state index contributed by atoms with van der Waals surface area (Å²) in [6.07, 6.45) is 10.4. The first-order chi connectivity index (χ1) is 15.5. The first kappa shape index (κ1) is 20.7. The van der Waals surface area contributed by atoms with Crippen LogP contribution in [0, 0.1) is 5.82 Å². The van der Waals surface area contributed by atoms with Crippen molar-refractivity contribution in [2.45, 2.75) is 26.2 Å². The normalized spacial score (nSPS) is 20.2. The highest BCUT2D eigenvalue weighted by Crippen LogP contribution is 2.29. The third kappa shape index (κ3) is 4.00. The summed E-state index contributed by atoms with van der Waals surface area (Å²) in [7, 11) is 2.09. The fraction of sp³-hybridized carbons (Fsp3) is 0.360. The number of hydrogen-bond acceptors (Lipinski definition) is 5. The summed E-state index contributed by atoms with van der Waals surface area (Å²) in [6.45, 7) is 5.68. The third-order valence-corrected chi connectivity index (χ3v) is 6.33. The number of halogens is 1. The van der Waals surface area contributed by atoms with Crippen LogP contribution in [-0.2, 0) is 6.42 Å². The van der Waals surface area contributed by atoms with Gasteiger partial charge in [-0.15, -0.1) is 0 Å². The summed E-state index contributed by atoms with van der Waals surface area (Å²) in [4.78, 5) is 21.9. The molecule has 0 amide bonds. The minimum absolute atomic E-state index is 0.267. The summed E-state index contributed by atoms with van der Waals surface area (Å²) >= 11 is 0. The zero-order valence-electron chi connectivity index (χ0n) is 18.5. The van der Waals surface area contributed by atoms with Crippen LogP contribution < -0.4 is 10.5 Å². The third-order valence-electron chi connectivity index (χ3n) is 6.33. The molecule has 1 aromatic carbocycles. The van der Waals surface area contributed by atoms with Gasteiger partial charge in [-0.25, -0.2) is 14.2 Å². The van der Waals surface area contributed by atoms with Gasteiger partial charge in [0.25, 0.3) is 0 Å². The van der Waals surface area contributed by atoms with E-state index in [1.165, 1.54) is 5.57 Å². The molecule has 2 aliphatic rings. The van der Waals surface area contributed by atoms with Crippen molar-refractivity contribution in [3.63, 3.8) is 0 Å². The van der Waals surface area contributed by atoms with Crippen LogP contribution in [0.2, 0.25) is 0 Å². The minimum Gasteiger partial charge on any atom is -0.422 e. The predicted molar refractivity (Wildman–Crippen MR) is 125 cm³/mol. The maximum Gasteiger partial charge on any atom is 0.345 e. The van der Waals surface area contributed by atoms with Gasteiger partial charge < -0.3 is 18.8 Å². The number of aryl methyl sites for hydroxylation is 1. The van der Waals surface area contributed by atoms with Crippen LogP contribution in [0.1, 0.15) is 25.6 Å². The number of hydrogen-bond donors (Lipinski definition) is 0. The Labute approximate surface area is 186 Å². The molecule has 166 valence electrons. The SMILES string of the molecule is C/C1=C\C=C/n2cc(-c3cc4c(F)cc(N5CCCN(C)CC5)cc4oc3=O)nc2CC1. The van der Waals surface area contributed by atoms with E-state index in [2.05, 4.69) is 34.8 Å². The van der Waals surface area contributed by atoms with E-state index in [4.69, 9.17) is 4.42 Å². The molecule has 5 rings (SSSR count). The maximum atomic E-state index is 15.1. The zero-order valence-corrected chi connectivity index (χ0v) is 18.5. The van der Waals surface area contributed by atoms with E-state index >= 15 is 4.39 Å². The molecule has 4 heterocycles. The molecule has 0 N–H and O–H groups in total. The average molecular weight is 435 g/mol. The lowest BCUT2D eigenvalue weighted by Gasteiger charge is -2.23. The van der Waals surface area contributed by atoms with Crippen LogP contribution >= 0.6 is 0 Å². The molecule has 0 unspecified atom stereocenters. The molecule has 3 aromatic rings. The summed E-state index contributed by atoms with van der Waals surface area (Å²) in [6, 6.07) is 4.89. The van der Waals surface area contributed by atoms with Gasteiger partial charge in [0.05, 0.1) is 16.6 Å². The smallest absolute Gasteiger partial charge is 0.345 e. The lowest BCUT2D eigenvalue weighted by atomic mass is 10.1. The van der Waals surface area contributed by atoms with Gasteiger partial charge in [-0.3, -0.25) is 0 Å². The van der Waals surface area contributed by atoms with E-state index < -0.39 is 11.4 Å². The Hall–Kier alpha value is -3.19. The summed E-state index contributed by atoms with van der Waals surface area (Å²) in [5.74, 6) is 0.475. The average Bonchev–Trinajstić information content (AvgIpc) is 3.00. The van der Waals surface area contributed by atoms with Crippen LogP contribution in [0.3, 0.4) is 0 Å². The molecule has 1 saturated heterocycles. The van der Waals surface area contributed by atoms with Crippen molar-refractivity contribution in [2.75, 3.05) is 38.1 Å². The molecule has 0 saturated carbocycles. The van der Waals surface area contributed by atoms with Gasteiger partial charge in [0.1, 0.15) is 17.2 Å². The highest BCUT2D eigenvalue weighted by molar-refractivity contribution is 5.84. The van der Waals surface area contributed by atoms with Crippen molar-refractivity contribution in [3.05, 3.63) is 64.2 Å². The number of imidazole rings is 1. The number of allylic oxidation sites excluding steroid dienone is 3. The number of fused-ring (bicyclic) bond motifs is 2. The summed E-state index contributed by atoms with van der Waals surface area (Å²) in [5.41, 5.74) is 2.56. The molecule has 0 aliphatic carbocycles. The molecule has 32 heavy (non-hydrogen) atoms. The summed E-state index contributed by atoms with van der Waals surface area (Å²) < 4.78 is 22.7. The molecule has 1 fully saturated rings. The van der Waals surface area contributed by atoms with E-state index in [0.717, 1.165) is 57.0 Å². The Bertz CT molecular complexity index is 1290. The highest BCUT2D eigenvalue weighted by Gasteiger charge is 2.19. The lowest BCUT2D eigenvalue weighted by molar-refractivity contribution is 0.360. The Morgan fingerprint density at radius 1 is 1.09 bits per heavy atom. The second-order valence-electron chi connectivity index (χ2n) is 8.73. The zero-order chi connectivity index (χ0) is 22.2. The number of likely N-dealkylation sites (N-methyl/N-ethyl adjacent to an activating group) is 1. The van der Waals surface area contributed by atoms with Crippen LogP contribution in [-0.4, -0.2) is 47.7 Å². The second-order valence-corrected chi connectivity index (χ2v) is 8.73. The summed E-state index contributed by atoms with van der Waals surface area (Å²) in [5, 5.41) is 0.295. The molecule has 2 aliphatic heterocycles. The molecule has 2 aromatic heterocycles. The monoisotopic (exact) mass is 434 g/mol. The van der Waals surface area contributed by atoms with Gasteiger partial charge in [-0.05, 0) is 51.6 Å². The fourth-order valence-corrected chi connectivity index (χ4v) is 4.40. The van der Waals surface area contributed by atoms with E-state index in [-0.39, 0.29) is 11.1 Å². The van der Waals surface area contributed by atoms with E-state index in [1.807, 2.05) is 16.8 Å². The van der Waals surface area contributed by atoms with Gasteiger partial charge in [0, 0.05) is 50.2 Å². The minimum atomic E-state index is -0.506. The van der Waals surface area contributed by atoms with E-state index in [0.29, 0.717) is 11.1 Å². The second kappa shape index (κ2) is 8.39. The molecule has 6 nitrogen and oxygen atoms in total. The molecular formula is C25H27FN4O2. The van der Waals surface area contributed by atoms with Gasteiger partial charge in [-0.2, -0.15) is 0 Å². The number of rotatable bonds is 2. The molecule has 0 radical (unpaired) electrons. The number of anilines is 1. The van der Waals surface area contributed by atoms with Crippen molar-refractivity contribution >= 4 is 22.9 Å². The van der Waals surface area contributed by atoms with Crippen LogP contribution in [0.5, 0.6) is 0 Å². The molecule has 0 atom stereocenters. The van der Waals surface area contributed by atoms with Crippen molar-refractivity contribution < 1.29 is 8.81 Å². The van der Waals surface area contributed by atoms with Crippen LogP contribution in [0.15, 0.2) is 51.3 Å². The Morgan fingerprint density at radius 3 is 2.84 bits per heavy atom. The Kier molecular flexibility index (Phi) is 5.43. The van der Waals surface area contributed by atoms with Gasteiger partial charge in [0.15, 0.2) is 0 Å². The van der Waals surface area contributed by atoms with Crippen molar-refractivity contribution in [1.82, 2.24) is 14.5 Å². The van der Waals surface area contributed by atoms with Crippen LogP contribution in [0.4, 0.5) is 10.1 Å².